The Morgan fingerprint density at radius 3 is 1.33 bits per heavy atom. The molecule has 3 aromatic rings. The summed E-state index contributed by atoms with van der Waals surface area (Å²) in [5.41, 5.74) is 1.30. The number of halogens is 1. The van der Waals surface area contributed by atoms with Crippen molar-refractivity contribution in [2.45, 2.75) is 21.6 Å². The highest BCUT2D eigenvalue weighted by molar-refractivity contribution is 7.97. The molecule has 0 radical (unpaired) electrons. The van der Waals surface area contributed by atoms with E-state index in [0.29, 0.717) is 0 Å². The van der Waals surface area contributed by atoms with Crippen molar-refractivity contribution in [1.82, 2.24) is 0 Å². The fraction of sp³-hybridized carbons (Fsp3) is 0.0526. The Bertz CT molecular complexity index is 623. The van der Waals surface area contributed by atoms with E-state index in [0.717, 1.165) is 0 Å². The Balaban J connectivity index is 0.00000161. The van der Waals surface area contributed by atoms with Gasteiger partial charge in [0.2, 0.25) is 0 Å². The molecule has 0 nitrogen and oxygen atoms in total. The van der Waals surface area contributed by atoms with Crippen LogP contribution in [0.15, 0.2) is 99.6 Å². The van der Waals surface area contributed by atoms with Crippen molar-refractivity contribution in [3.63, 3.8) is 0 Å². The van der Waals surface area contributed by atoms with Crippen LogP contribution < -0.4 is 24.0 Å². The van der Waals surface area contributed by atoms with Crippen LogP contribution >= 0.6 is 0 Å². The first-order valence-corrected chi connectivity index (χ1v) is 7.98. The van der Waals surface area contributed by atoms with Crippen LogP contribution in [0.5, 0.6) is 0 Å². The van der Waals surface area contributed by atoms with Gasteiger partial charge in [0.1, 0.15) is 0 Å². The molecule has 3 rings (SSSR count). The molecular formula is C19H17IS. The molecule has 0 aliphatic carbocycles. The highest BCUT2D eigenvalue weighted by Crippen LogP contribution is 2.30. The van der Waals surface area contributed by atoms with Gasteiger partial charge in [0.25, 0.3) is 0 Å². The summed E-state index contributed by atoms with van der Waals surface area (Å²) in [6.07, 6.45) is 0. The summed E-state index contributed by atoms with van der Waals surface area (Å²) < 4.78 is 0. The smallest absolute Gasteiger partial charge is 0.166 e. The SMILES string of the molecule is Cc1ccc([S+](c2ccccc2)c2ccccc2)cc1.[I-]. The molecule has 0 heterocycles. The summed E-state index contributed by atoms with van der Waals surface area (Å²) >= 11 is 0. The first-order valence-electron chi connectivity index (χ1n) is 6.76. The second-order valence-electron chi connectivity index (χ2n) is 4.75. The van der Waals surface area contributed by atoms with E-state index in [-0.39, 0.29) is 34.9 Å². The van der Waals surface area contributed by atoms with Gasteiger partial charge in [-0.25, -0.2) is 0 Å². The third kappa shape index (κ3) is 3.89. The molecule has 0 aliphatic rings. The molecule has 0 bridgehead atoms. The Morgan fingerprint density at radius 1 is 0.524 bits per heavy atom. The van der Waals surface area contributed by atoms with Crippen LogP contribution in [-0.2, 0) is 10.9 Å². The van der Waals surface area contributed by atoms with Crippen molar-refractivity contribution in [3.05, 3.63) is 90.5 Å². The molecule has 0 amide bonds. The number of rotatable bonds is 3. The minimum Gasteiger partial charge on any atom is -1.00 e. The lowest BCUT2D eigenvalue weighted by Gasteiger charge is -2.07. The predicted octanol–water partition coefficient (Wildman–Crippen LogP) is 2.09. The number of aryl methyl sites for hydroxylation is 1. The molecule has 21 heavy (non-hydrogen) atoms. The van der Waals surface area contributed by atoms with Gasteiger partial charge >= 0.3 is 0 Å². The van der Waals surface area contributed by atoms with Gasteiger partial charge in [-0.3, -0.25) is 0 Å². The van der Waals surface area contributed by atoms with Gasteiger partial charge in [-0.2, -0.15) is 0 Å². The highest BCUT2D eigenvalue weighted by Gasteiger charge is 2.27. The lowest BCUT2D eigenvalue weighted by molar-refractivity contribution is -0.00000401. The van der Waals surface area contributed by atoms with Crippen LogP contribution in [0.1, 0.15) is 5.56 Å². The Labute approximate surface area is 146 Å². The third-order valence-electron chi connectivity index (χ3n) is 3.21. The fourth-order valence-corrected chi connectivity index (χ4v) is 4.28. The molecule has 0 aromatic heterocycles. The van der Waals surface area contributed by atoms with Crippen molar-refractivity contribution in [3.8, 4) is 0 Å². The lowest BCUT2D eigenvalue weighted by Crippen LogP contribution is -3.00. The maximum Gasteiger partial charge on any atom is 0.166 e. The Hall–Kier alpha value is -1.26. The molecule has 0 unspecified atom stereocenters. The maximum absolute atomic E-state index is 2.25. The molecule has 2 heteroatoms. The van der Waals surface area contributed by atoms with E-state index < -0.39 is 0 Å². The van der Waals surface area contributed by atoms with E-state index in [9.17, 15) is 0 Å². The van der Waals surface area contributed by atoms with E-state index in [1.165, 1.54) is 20.2 Å². The Kier molecular flexibility index (Phi) is 5.88. The normalized spacial score (nSPS) is 10.2. The quantitative estimate of drug-likeness (QED) is 0.464. The van der Waals surface area contributed by atoms with Crippen LogP contribution in [0, 0.1) is 6.92 Å². The molecule has 0 atom stereocenters. The van der Waals surface area contributed by atoms with E-state index in [2.05, 4.69) is 91.9 Å². The number of benzene rings is 3. The zero-order valence-electron chi connectivity index (χ0n) is 11.9. The van der Waals surface area contributed by atoms with Crippen molar-refractivity contribution < 1.29 is 24.0 Å². The predicted molar refractivity (Wildman–Crippen MR) is 86.2 cm³/mol. The minimum absolute atomic E-state index is 0. The van der Waals surface area contributed by atoms with E-state index in [4.69, 9.17) is 0 Å². The lowest BCUT2D eigenvalue weighted by atomic mass is 10.2. The molecule has 0 saturated carbocycles. The standard InChI is InChI=1S/C19H17S.HI/c1-16-12-14-19(15-13-16)20(17-8-4-2-5-9-17)18-10-6-3-7-11-18;/h2-15H,1H3;1H/q+1;/p-1. The van der Waals surface area contributed by atoms with E-state index >= 15 is 0 Å². The average Bonchev–Trinajstić information content (AvgIpc) is 2.52. The summed E-state index contributed by atoms with van der Waals surface area (Å²) in [5.74, 6) is 0. The highest BCUT2D eigenvalue weighted by atomic mass is 127. The second-order valence-corrected chi connectivity index (χ2v) is 6.77. The summed E-state index contributed by atoms with van der Waals surface area (Å²) in [6.45, 7) is 2.13. The number of hydrogen-bond donors (Lipinski definition) is 0. The van der Waals surface area contributed by atoms with Gasteiger partial charge in [-0.05, 0) is 43.3 Å². The largest absolute Gasteiger partial charge is 1.00 e. The molecule has 0 aliphatic heterocycles. The molecular weight excluding hydrogens is 387 g/mol. The van der Waals surface area contributed by atoms with Gasteiger partial charge in [-0.15, -0.1) is 0 Å². The zero-order chi connectivity index (χ0) is 13.8. The minimum atomic E-state index is -0.0229. The van der Waals surface area contributed by atoms with Crippen molar-refractivity contribution in [2.24, 2.45) is 0 Å². The monoisotopic (exact) mass is 404 g/mol. The van der Waals surface area contributed by atoms with Crippen LogP contribution in [0.3, 0.4) is 0 Å². The summed E-state index contributed by atoms with van der Waals surface area (Å²) in [7, 11) is -0.0229. The van der Waals surface area contributed by atoms with Crippen LogP contribution in [0.2, 0.25) is 0 Å². The Morgan fingerprint density at radius 2 is 0.905 bits per heavy atom. The van der Waals surface area contributed by atoms with Crippen molar-refractivity contribution >= 4 is 10.9 Å². The average molecular weight is 404 g/mol. The van der Waals surface area contributed by atoms with Crippen LogP contribution in [0.4, 0.5) is 0 Å². The summed E-state index contributed by atoms with van der Waals surface area (Å²) in [6, 6.07) is 30.4. The molecule has 106 valence electrons. The molecule has 3 aromatic carbocycles. The summed E-state index contributed by atoms with van der Waals surface area (Å²) in [5, 5.41) is 0. The summed E-state index contributed by atoms with van der Waals surface area (Å²) in [4.78, 5) is 4.10. The van der Waals surface area contributed by atoms with Gasteiger partial charge in [-0.1, -0.05) is 54.1 Å². The van der Waals surface area contributed by atoms with Gasteiger partial charge < -0.3 is 24.0 Å². The first kappa shape index (κ1) is 16.1. The maximum atomic E-state index is 2.25. The third-order valence-corrected chi connectivity index (χ3v) is 5.45. The molecule has 0 spiro atoms. The van der Waals surface area contributed by atoms with E-state index in [1.54, 1.807) is 0 Å². The number of hydrogen-bond acceptors (Lipinski definition) is 0. The van der Waals surface area contributed by atoms with Crippen molar-refractivity contribution in [1.29, 1.82) is 0 Å². The van der Waals surface area contributed by atoms with Crippen molar-refractivity contribution in [2.75, 3.05) is 0 Å². The van der Waals surface area contributed by atoms with Gasteiger partial charge in [0, 0.05) is 0 Å². The van der Waals surface area contributed by atoms with Crippen LogP contribution in [-0.4, -0.2) is 0 Å². The molecule has 0 saturated heterocycles. The molecule has 0 fully saturated rings. The van der Waals surface area contributed by atoms with E-state index in [1.807, 2.05) is 0 Å². The van der Waals surface area contributed by atoms with Gasteiger partial charge in [0.05, 0.1) is 10.9 Å². The van der Waals surface area contributed by atoms with Gasteiger partial charge in [0.15, 0.2) is 14.7 Å². The molecule has 0 N–H and O–H groups in total. The fourth-order valence-electron chi connectivity index (χ4n) is 2.20. The topological polar surface area (TPSA) is 0 Å². The first-order chi connectivity index (χ1) is 9.84. The van der Waals surface area contributed by atoms with Crippen LogP contribution in [0.25, 0.3) is 0 Å². The second kappa shape index (κ2) is 7.66. The zero-order valence-corrected chi connectivity index (χ0v) is 14.8.